The predicted octanol–water partition coefficient (Wildman–Crippen LogP) is 3.90. The summed E-state index contributed by atoms with van der Waals surface area (Å²) in [6.07, 6.45) is 4.61. The summed E-state index contributed by atoms with van der Waals surface area (Å²) in [5.74, 6) is 0. The maximum Gasteiger partial charge on any atom is -0.0192 e. The average Bonchev–Trinajstić information content (AvgIpc) is 2.18. The van der Waals surface area contributed by atoms with E-state index in [4.69, 9.17) is 0 Å². The number of allylic oxidation sites excluding steroid dienone is 2. The maximum atomic E-state index is 4.01. The van der Waals surface area contributed by atoms with Crippen molar-refractivity contribution in [2.45, 2.75) is 26.7 Å². The largest absolute Gasteiger partial charge is 0.0958 e. The molecule has 0 saturated heterocycles. The van der Waals surface area contributed by atoms with Crippen LogP contribution in [0.5, 0.6) is 0 Å². The molecule has 0 N–H and O–H groups in total. The summed E-state index contributed by atoms with van der Waals surface area (Å²) in [4.78, 5) is 0. The van der Waals surface area contributed by atoms with Crippen molar-refractivity contribution >= 4 is 6.08 Å². The van der Waals surface area contributed by atoms with E-state index in [0.29, 0.717) is 0 Å². The van der Waals surface area contributed by atoms with Crippen LogP contribution in [0, 0.1) is 6.92 Å². The highest BCUT2D eigenvalue weighted by molar-refractivity contribution is 5.65. The van der Waals surface area contributed by atoms with E-state index in [2.05, 4.69) is 44.7 Å². The SMILES string of the molecule is C=C(C)C1=Cc2c(C)cccc2CC1. The van der Waals surface area contributed by atoms with Crippen LogP contribution in [0.25, 0.3) is 6.08 Å². The van der Waals surface area contributed by atoms with Gasteiger partial charge in [0.1, 0.15) is 0 Å². The number of aryl methyl sites for hydroxylation is 2. The molecular formula is C14H16. The molecule has 0 atom stereocenters. The van der Waals surface area contributed by atoms with Crippen LogP contribution in [-0.4, -0.2) is 0 Å². The Morgan fingerprint density at radius 3 is 2.79 bits per heavy atom. The number of fused-ring (bicyclic) bond motifs is 1. The van der Waals surface area contributed by atoms with Crippen molar-refractivity contribution in [2.75, 3.05) is 0 Å². The highest BCUT2D eigenvalue weighted by Crippen LogP contribution is 2.29. The zero-order valence-corrected chi connectivity index (χ0v) is 8.93. The Kier molecular flexibility index (Phi) is 2.28. The molecule has 0 saturated carbocycles. The second kappa shape index (κ2) is 3.45. The third kappa shape index (κ3) is 1.52. The average molecular weight is 184 g/mol. The highest BCUT2D eigenvalue weighted by atomic mass is 14.2. The van der Waals surface area contributed by atoms with Gasteiger partial charge in [-0.25, -0.2) is 0 Å². The molecule has 0 aliphatic heterocycles. The van der Waals surface area contributed by atoms with Crippen molar-refractivity contribution in [1.82, 2.24) is 0 Å². The normalized spacial score (nSPS) is 14.6. The highest BCUT2D eigenvalue weighted by Gasteiger charge is 2.11. The van der Waals surface area contributed by atoms with Gasteiger partial charge < -0.3 is 0 Å². The zero-order valence-electron chi connectivity index (χ0n) is 8.93. The van der Waals surface area contributed by atoms with Crippen LogP contribution < -0.4 is 0 Å². The topological polar surface area (TPSA) is 0 Å². The molecule has 0 heteroatoms. The first-order chi connectivity index (χ1) is 6.68. The van der Waals surface area contributed by atoms with Gasteiger partial charge in [0.25, 0.3) is 0 Å². The molecular weight excluding hydrogens is 168 g/mol. The lowest BCUT2D eigenvalue weighted by Crippen LogP contribution is -2.01. The standard InChI is InChI=1S/C14H16/c1-10(2)13-8-7-12-6-4-5-11(3)14(12)9-13/h4-6,9H,1,7-8H2,2-3H3. The fourth-order valence-corrected chi connectivity index (χ4v) is 2.02. The van der Waals surface area contributed by atoms with Crippen LogP contribution in [0.15, 0.2) is 35.9 Å². The Bertz CT molecular complexity index is 408. The van der Waals surface area contributed by atoms with Crippen molar-refractivity contribution in [3.05, 3.63) is 52.6 Å². The Labute approximate surface area is 86.0 Å². The van der Waals surface area contributed by atoms with Crippen LogP contribution in [0.1, 0.15) is 30.0 Å². The van der Waals surface area contributed by atoms with E-state index in [-0.39, 0.29) is 0 Å². The fourth-order valence-electron chi connectivity index (χ4n) is 2.02. The van der Waals surface area contributed by atoms with Crippen LogP contribution in [0.3, 0.4) is 0 Å². The molecule has 0 unspecified atom stereocenters. The molecule has 1 aromatic carbocycles. The van der Waals surface area contributed by atoms with Gasteiger partial charge in [-0.15, -0.1) is 0 Å². The predicted molar refractivity (Wildman–Crippen MR) is 62.3 cm³/mol. The van der Waals surface area contributed by atoms with E-state index in [1.807, 2.05) is 0 Å². The van der Waals surface area contributed by atoms with Crippen molar-refractivity contribution in [2.24, 2.45) is 0 Å². The van der Waals surface area contributed by atoms with Gasteiger partial charge in [0, 0.05) is 0 Å². The first kappa shape index (κ1) is 9.26. The van der Waals surface area contributed by atoms with Crippen LogP contribution in [0.4, 0.5) is 0 Å². The Hall–Kier alpha value is -1.30. The Morgan fingerprint density at radius 1 is 1.29 bits per heavy atom. The molecule has 0 spiro atoms. The smallest absolute Gasteiger partial charge is 0.0192 e. The third-order valence-electron chi connectivity index (χ3n) is 2.94. The summed E-state index contributed by atoms with van der Waals surface area (Å²) in [6, 6.07) is 6.55. The molecule has 14 heavy (non-hydrogen) atoms. The van der Waals surface area contributed by atoms with Crippen LogP contribution >= 0.6 is 0 Å². The molecule has 0 amide bonds. The van der Waals surface area contributed by atoms with E-state index in [1.54, 1.807) is 0 Å². The molecule has 0 fully saturated rings. The molecule has 1 aliphatic carbocycles. The molecule has 0 nitrogen and oxygen atoms in total. The van der Waals surface area contributed by atoms with Crippen molar-refractivity contribution < 1.29 is 0 Å². The summed E-state index contributed by atoms with van der Waals surface area (Å²) in [5.41, 5.74) is 6.89. The van der Waals surface area contributed by atoms with Gasteiger partial charge in [0.15, 0.2) is 0 Å². The first-order valence-corrected chi connectivity index (χ1v) is 5.13. The van der Waals surface area contributed by atoms with Gasteiger partial charge in [-0.05, 0) is 49.0 Å². The summed E-state index contributed by atoms with van der Waals surface area (Å²) in [5, 5.41) is 0. The van der Waals surface area contributed by atoms with Gasteiger partial charge in [-0.3, -0.25) is 0 Å². The van der Waals surface area contributed by atoms with E-state index < -0.39 is 0 Å². The van der Waals surface area contributed by atoms with E-state index in [9.17, 15) is 0 Å². The first-order valence-electron chi connectivity index (χ1n) is 5.13. The Balaban J connectivity index is 2.52. The van der Waals surface area contributed by atoms with Gasteiger partial charge in [0.05, 0.1) is 0 Å². The third-order valence-corrected chi connectivity index (χ3v) is 2.94. The summed E-state index contributed by atoms with van der Waals surface area (Å²) in [6.45, 7) is 8.28. The zero-order chi connectivity index (χ0) is 10.1. The maximum absolute atomic E-state index is 4.01. The second-order valence-electron chi connectivity index (χ2n) is 4.10. The Morgan fingerprint density at radius 2 is 2.07 bits per heavy atom. The number of hydrogen-bond donors (Lipinski definition) is 0. The number of hydrogen-bond acceptors (Lipinski definition) is 0. The van der Waals surface area contributed by atoms with E-state index >= 15 is 0 Å². The molecule has 0 radical (unpaired) electrons. The minimum Gasteiger partial charge on any atom is -0.0958 e. The van der Waals surface area contributed by atoms with Crippen molar-refractivity contribution in [3.63, 3.8) is 0 Å². The molecule has 0 heterocycles. The summed E-state index contributed by atoms with van der Waals surface area (Å²) in [7, 11) is 0. The van der Waals surface area contributed by atoms with Gasteiger partial charge in [-0.1, -0.05) is 36.4 Å². The summed E-state index contributed by atoms with van der Waals surface area (Å²) < 4.78 is 0. The molecule has 2 rings (SSSR count). The quantitative estimate of drug-likeness (QED) is 0.621. The van der Waals surface area contributed by atoms with Gasteiger partial charge >= 0.3 is 0 Å². The lowest BCUT2D eigenvalue weighted by molar-refractivity contribution is 0.931. The monoisotopic (exact) mass is 184 g/mol. The van der Waals surface area contributed by atoms with E-state index in [1.165, 1.54) is 27.8 Å². The van der Waals surface area contributed by atoms with Crippen molar-refractivity contribution in [3.8, 4) is 0 Å². The lowest BCUT2D eigenvalue weighted by Gasteiger charge is -2.18. The molecule has 0 aromatic heterocycles. The second-order valence-corrected chi connectivity index (χ2v) is 4.10. The molecule has 72 valence electrons. The summed E-state index contributed by atoms with van der Waals surface area (Å²) >= 11 is 0. The number of rotatable bonds is 1. The molecule has 1 aromatic rings. The van der Waals surface area contributed by atoms with Gasteiger partial charge in [-0.2, -0.15) is 0 Å². The van der Waals surface area contributed by atoms with E-state index in [0.717, 1.165) is 12.8 Å². The van der Waals surface area contributed by atoms with Crippen LogP contribution in [0.2, 0.25) is 0 Å². The fraction of sp³-hybridized carbons (Fsp3) is 0.286. The molecule has 0 bridgehead atoms. The minimum absolute atomic E-state index is 1.14. The van der Waals surface area contributed by atoms with Crippen molar-refractivity contribution in [1.29, 1.82) is 0 Å². The molecule has 1 aliphatic rings. The number of benzene rings is 1. The van der Waals surface area contributed by atoms with Crippen LogP contribution in [-0.2, 0) is 6.42 Å². The lowest BCUT2D eigenvalue weighted by atomic mass is 9.87. The van der Waals surface area contributed by atoms with Gasteiger partial charge in [0.2, 0.25) is 0 Å². The minimum atomic E-state index is 1.14.